The molecular formula is C24H29N3O7. The highest BCUT2D eigenvalue weighted by atomic mass is 16.6. The molecule has 0 spiro atoms. The molecule has 3 N–H and O–H groups in total. The predicted octanol–water partition coefficient (Wildman–Crippen LogP) is 3.26. The zero-order chi connectivity index (χ0) is 25.3. The lowest BCUT2D eigenvalue weighted by Crippen LogP contribution is -2.35. The monoisotopic (exact) mass is 471 g/mol. The van der Waals surface area contributed by atoms with Crippen LogP contribution >= 0.6 is 0 Å². The van der Waals surface area contributed by atoms with Gasteiger partial charge in [0, 0.05) is 5.69 Å². The van der Waals surface area contributed by atoms with Crippen molar-refractivity contribution < 1.29 is 33.4 Å². The van der Waals surface area contributed by atoms with Gasteiger partial charge in [0.25, 0.3) is 5.91 Å². The first kappa shape index (κ1) is 26.2. The molecule has 0 aliphatic heterocycles. The van der Waals surface area contributed by atoms with Gasteiger partial charge in [-0.15, -0.1) is 0 Å². The van der Waals surface area contributed by atoms with Crippen molar-refractivity contribution in [3.05, 3.63) is 53.6 Å². The Morgan fingerprint density at radius 2 is 1.68 bits per heavy atom. The molecule has 0 aromatic heterocycles. The van der Waals surface area contributed by atoms with Crippen LogP contribution in [0.5, 0.6) is 5.75 Å². The number of amides is 3. The molecule has 2 aromatic rings. The van der Waals surface area contributed by atoms with Crippen molar-refractivity contribution in [1.29, 1.82) is 0 Å². The number of carbonyl (C=O) groups is 4. The molecule has 0 fully saturated rings. The van der Waals surface area contributed by atoms with Gasteiger partial charge in [0.2, 0.25) is 5.91 Å². The molecule has 0 aliphatic carbocycles. The van der Waals surface area contributed by atoms with Crippen molar-refractivity contribution in [3.63, 3.8) is 0 Å². The number of esters is 1. The Morgan fingerprint density at radius 1 is 0.941 bits per heavy atom. The fraction of sp³-hybridized carbons (Fsp3) is 0.333. The third kappa shape index (κ3) is 8.81. The van der Waals surface area contributed by atoms with E-state index in [-0.39, 0.29) is 12.1 Å². The van der Waals surface area contributed by atoms with Gasteiger partial charge in [-0.1, -0.05) is 12.1 Å². The van der Waals surface area contributed by atoms with E-state index in [1.54, 1.807) is 45.0 Å². The maximum Gasteiger partial charge on any atom is 0.412 e. The van der Waals surface area contributed by atoms with Crippen LogP contribution in [0.3, 0.4) is 0 Å². The molecule has 2 rings (SSSR count). The van der Waals surface area contributed by atoms with Crippen LogP contribution < -0.4 is 20.7 Å². The molecule has 3 amide bonds. The summed E-state index contributed by atoms with van der Waals surface area (Å²) in [4.78, 5) is 48.3. The van der Waals surface area contributed by atoms with Crippen LogP contribution in [0.1, 0.15) is 36.7 Å². The second-order valence-corrected chi connectivity index (χ2v) is 8.31. The predicted molar refractivity (Wildman–Crippen MR) is 126 cm³/mol. The Balaban J connectivity index is 1.82. The lowest BCUT2D eigenvalue weighted by molar-refractivity contribution is -0.126. The quantitative estimate of drug-likeness (QED) is 0.504. The van der Waals surface area contributed by atoms with E-state index in [4.69, 9.17) is 14.2 Å². The number of hydrogen-bond acceptors (Lipinski definition) is 7. The highest BCUT2D eigenvalue weighted by Crippen LogP contribution is 2.24. The van der Waals surface area contributed by atoms with E-state index in [2.05, 4.69) is 16.0 Å². The van der Waals surface area contributed by atoms with E-state index in [1.165, 1.54) is 19.2 Å². The third-order valence-corrected chi connectivity index (χ3v) is 4.15. The summed E-state index contributed by atoms with van der Waals surface area (Å²) >= 11 is 0. The van der Waals surface area contributed by atoms with Gasteiger partial charge in [0.1, 0.15) is 11.4 Å². The van der Waals surface area contributed by atoms with Crippen molar-refractivity contribution >= 4 is 35.3 Å². The number of anilines is 2. The van der Waals surface area contributed by atoms with E-state index >= 15 is 0 Å². The Bertz CT molecular complexity index is 1060. The molecule has 10 heteroatoms. The number of methoxy groups -OCH3 is 1. The molecule has 0 atom stereocenters. The van der Waals surface area contributed by atoms with Gasteiger partial charge in [-0.3, -0.25) is 14.9 Å². The van der Waals surface area contributed by atoms with Crippen LogP contribution in [-0.4, -0.2) is 49.7 Å². The van der Waals surface area contributed by atoms with Crippen LogP contribution in [-0.2, 0) is 19.1 Å². The van der Waals surface area contributed by atoms with Crippen molar-refractivity contribution in [3.8, 4) is 5.75 Å². The Kier molecular flexibility index (Phi) is 9.00. The second-order valence-electron chi connectivity index (χ2n) is 8.31. The van der Waals surface area contributed by atoms with Crippen molar-refractivity contribution in [2.45, 2.75) is 33.3 Å². The van der Waals surface area contributed by atoms with Gasteiger partial charge in [-0.2, -0.15) is 0 Å². The molecule has 0 heterocycles. The summed E-state index contributed by atoms with van der Waals surface area (Å²) in [5, 5.41) is 7.55. The number of ether oxygens (including phenoxy) is 3. The maximum absolute atomic E-state index is 12.3. The van der Waals surface area contributed by atoms with Crippen molar-refractivity contribution in [2.24, 2.45) is 0 Å². The van der Waals surface area contributed by atoms with Gasteiger partial charge in [0.15, 0.2) is 6.61 Å². The fourth-order valence-electron chi connectivity index (χ4n) is 2.70. The van der Waals surface area contributed by atoms with Gasteiger partial charge in [0.05, 0.1) is 24.9 Å². The molecule has 0 saturated carbocycles. The van der Waals surface area contributed by atoms with Gasteiger partial charge in [-0.05, 0) is 63.6 Å². The van der Waals surface area contributed by atoms with E-state index in [9.17, 15) is 19.2 Å². The summed E-state index contributed by atoms with van der Waals surface area (Å²) in [7, 11) is 1.49. The average molecular weight is 472 g/mol. The first-order valence-corrected chi connectivity index (χ1v) is 10.4. The number of hydrogen-bond donors (Lipinski definition) is 3. The lowest BCUT2D eigenvalue weighted by Gasteiger charge is -2.19. The third-order valence-electron chi connectivity index (χ3n) is 4.15. The average Bonchev–Trinajstić information content (AvgIpc) is 2.75. The summed E-state index contributed by atoms with van der Waals surface area (Å²) in [5.41, 5.74) is 1.20. The molecule has 0 unspecified atom stereocenters. The summed E-state index contributed by atoms with van der Waals surface area (Å²) in [6.07, 6.45) is -0.668. The molecule has 182 valence electrons. The number of carbonyl (C=O) groups excluding carboxylic acids is 4. The Hall–Kier alpha value is -4.08. The van der Waals surface area contributed by atoms with Crippen molar-refractivity contribution in [2.75, 3.05) is 30.9 Å². The summed E-state index contributed by atoms with van der Waals surface area (Å²) < 4.78 is 15.3. The zero-order valence-electron chi connectivity index (χ0n) is 19.8. The molecule has 0 radical (unpaired) electrons. The normalized spacial score (nSPS) is 10.6. The summed E-state index contributed by atoms with van der Waals surface area (Å²) in [6, 6.07) is 11.3. The van der Waals surface area contributed by atoms with Gasteiger partial charge >= 0.3 is 12.1 Å². The van der Waals surface area contributed by atoms with Crippen molar-refractivity contribution in [1.82, 2.24) is 5.32 Å². The van der Waals surface area contributed by atoms with Crippen LogP contribution in [0, 0.1) is 6.92 Å². The smallest absolute Gasteiger partial charge is 0.412 e. The Labute approximate surface area is 198 Å². The summed E-state index contributed by atoms with van der Waals surface area (Å²) in [5.74, 6) is -1.40. The molecule has 2 aromatic carbocycles. The minimum Gasteiger partial charge on any atom is -0.495 e. The standard InChI is InChI=1S/C24H29N3O7/c1-15-9-10-19(32-5)18(11-15)27-20(28)13-25-21(29)14-33-22(30)16-7-6-8-17(12-16)26-23(31)34-24(2,3)4/h6-12H,13-14H2,1-5H3,(H,25,29)(H,26,31)(H,27,28). The first-order valence-electron chi connectivity index (χ1n) is 10.4. The van der Waals surface area contributed by atoms with Gasteiger partial charge < -0.3 is 24.8 Å². The Morgan fingerprint density at radius 3 is 2.35 bits per heavy atom. The lowest BCUT2D eigenvalue weighted by atomic mass is 10.2. The number of rotatable bonds is 8. The topological polar surface area (TPSA) is 132 Å². The SMILES string of the molecule is COc1ccc(C)cc1NC(=O)CNC(=O)COC(=O)c1cccc(NC(=O)OC(C)(C)C)c1. The van der Waals surface area contributed by atoms with E-state index in [1.807, 2.05) is 13.0 Å². The van der Waals surface area contributed by atoms with E-state index < -0.39 is 36.1 Å². The minimum atomic E-state index is -0.767. The molecule has 0 aliphatic rings. The van der Waals surface area contributed by atoms with Crippen LogP contribution in [0.15, 0.2) is 42.5 Å². The largest absolute Gasteiger partial charge is 0.495 e. The molecule has 34 heavy (non-hydrogen) atoms. The minimum absolute atomic E-state index is 0.130. The second kappa shape index (κ2) is 11.7. The number of nitrogens with one attached hydrogen (secondary N) is 3. The highest BCUT2D eigenvalue weighted by molar-refractivity contribution is 5.97. The fourth-order valence-corrected chi connectivity index (χ4v) is 2.70. The first-order chi connectivity index (χ1) is 16.0. The summed E-state index contributed by atoms with van der Waals surface area (Å²) in [6.45, 7) is 6.17. The number of aryl methyl sites for hydroxylation is 1. The van der Waals surface area contributed by atoms with Gasteiger partial charge in [-0.25, -0.2) is 9.59 Å². The van der Waals surface area contributed by atoms with Crippen LogP contribution in [0.25, 0.3) is 0 Å². The van der Waals surface area contributed by atoms with E-state index in [0.29, 0.717) is 17.1 Å². The van der Waals surface area contributed by atoms with Crippen LogP contribution in [0.4, 0.5) is 16.2 Å². The molecule has 0 saturated heterocycles. The molecular weight excluding hydrogens is 442 g/mol. The molecule has 0 bridgehead atoms. The van der Waals surface area contributed by atoms with E-state index in [0.717, 1.165) is 5.56 Å². The molecule has 10 nitrogen and oxygen atoms in total. The maximum atomic E-state index is 12.3. The van der Waals surface area contributed by atoms with Crippen LogP contribution in [0.2, 0.25) is 0 Å². The number of benzene rings is 2. The highest BCUT2D eigenvalue weighted by Gasteiger charge is 2.17. The zero-order valence-corrected chi connectivity index (χ0v) is 19.8.